The number of nitrogens with one attached hydrogen (secondary N) is 2. The van der Waals surface area contributed by atoms with Crippen molar-refractivity contribution in [3.8, 4) is 11.3 Å². The van der Waals surface area contributed by atoms with E-state index in [1.54, 1.807) is 38.1 Å². The third kappa shape index (κ3) is 4.23. The molecule has 0 spiro atoms. The molecule has 0 fully saturated rings. The zero-order chi connectivity index (χ0) is 18.6. The first kappa shape index (κ1) is 18.2. The molecule has 2 rings (SSSR count). The van der Waals surface area contributed by atoms with E-state index in [1.807, 2.05) is 0 Å². The first-order valence-corrected chi connectivity index (χ1v) is 7.66. The molecule has 1 aromatic carbocycles. The van der Waals surface area contributed by atoms with Crippen molar-refractivity contribution in [3.05, 3.63) is 52.2 Å². The lowest BCUT2D eigenvalue weighted by molar-refractivity contribution is -0.384. The number of rotatable bonds is 6. The lowest BCUT2D eigenvalue weighted by Gasteiger charge is -2.19. The van der Waals surface area contributed by atoms with E-state index in [0.29, 0.717) is 11.3 Å². The number of non-ortho nitro benzene ring substituents is 1. The molecule has 0 saturated carbocycles. The van der Waals surface area contributed by atoms with Crippen LogP contribution in [0, 0.1) is 16.0 Å². The van der Waals surface area contributed by atoms with Crippen LogP contribution < -0.4 is 5.32 Å². The van der Waals surface area contributed by atoms with E-state index in [0.717, 1.165) is 0 Å². The normalized spacial score (nSPS) is 11.8. The van der Waals surface area contributed by atoms with Gasteiger partial charge in [-0.25, -0.2) is 4.79 Å². The SMILES string of the molecule is COC(=O)C(NC(=O)c1ccc(-c2ccc([N+](=O)[O-])cc2)[nH]1)C(C)C. The standard InChI is InChI=1S/C17H19N3O5/c1-10(2)15(17(22)25-3)19-16(21)14-9-8-13(18-14)11-4-6-12(7-5-11)20(23)24/h4-10,15,18H,1-3H3,(H,19,21). The summed E-state index contributed by atoms with van der Waals surface area (Å²) in [5.41, 5.74) is 1.62. The van der Waals surface area contributed by atoms with Crippen LogP contribution in [0.15, 0.2) is 36.4 Å². The van der Waals surface area contributed by atoms with Crippen molar-refractivity contribution in [2.24, 2.45) is 5.92 Å². The van der Waals surface area contributed by atoms with Gasteiger partial charge in [0.2, 0.25) is 0 Å². The Morgan fingerprint density at radius 3 is 2.32 bits per heavy atom. The van der Waals surface area contributed by atoms with E-state index in [9.17, 15) is 19.7 Å². The predicted molar refractivity (Wildman–Crippen MR) is 91.0 cm³/mol. The van der Waals surface area contributed by atoms with Crippen LogP contribution in [0.5, 0.6) is 0 Å². The van der Waals surface area contributed by atoms with Crippen LogP contribution in [0.3, 0.4) is 0 Å². The molecule has 1 amide bonds. The molecule has 1 atom stereocenters. The first-order chi connectivity index (χ1) is 11.8. The predicted octanol–water partition coefficient (Wildman–Crippen LogP) is 2.52. The Bertz CT molecular complexity index is 780. The van der Waals surface area contributed by atoms with Gasteiger partial charge in [-0.2, -0.15) is 0 Å². The molecule has 0 saturated heterocycles. The van der Waals surface area contributed by atoms with E-state index < -0.39 is 22.8 Å². The monoisotopic (exact) mass is 345 g/mol. The van der Waals surface area contributed by atoms with E-state index in [1.165, 1.54) is 19.2 Å². The number of nitro benzene ring substituents is 1. The second-order valence-electron chi connectivity index (χ2n) is 5.81. The highest BCUT2D eigenvalue weighted by molar-refractivity contribution is 5.96. The zero-order valence-electron chi connectivity index (χ0n) is 14.1. The van der Waals surface area contributed by atoms with E-state index in [-0.39, 0.29) is 17.3 Å². The van der Waals surface area contributed by atoms with Gasteiger partial charge in [0.1, 0.15) is 11.7 Å². The lowest BCUT2D eigenvalue weighted by atomic mass is 10.0. The summed E-state index contributed by atoms with van der Waals surface area (Å²) in [6.45, 7) is 3.61. The van der Waals surface area contributed by atoms with Gasteiger partial charge in [-0.1, -0.05) is 13.8 Å². The minimum atomic E-state index is -0.747. The fraction of sp³-hybridized carbons (Fsp3) is 0.294. The smallest absolute Gasteiger partial charge is 0.328 e. The summed E-state index contributed by atoms with van der Waals surface area (Å²) in [6.07, 6.45) is 0. The molecule has 1 heterocycles. The van der Waals surface area contributed by atoms with Crippen LogP contribution in [0.4, 0.5) is 5.69 Å². The summed E-state index contributed by atoms with van der Waals surface area (Å²) in [4.78, 5) is 37.2. The Morgan fingerprint density at radius 1 is 1.16 bits per heavy atom. The van der Waals surface area contributed by atoms with E-state index >= 15 is 0 Å². The maximum Gasteiger partial charge on any atom is 0.328 e. The fourth-order valence-corrected chi connectivity index (χ4v) is 2.30. The maximum atomic E-state index is 12.3. The number of methoxy groups -OCH3 is 1. The van der Waals surface area contributed by atoms with Gasteiger partial charge >= 0.3 is 5.97 Å². The van der Waals surface area contributed by atoms with Gasteiger partial charge in [0.15, 0.2) is 0 Å². The van der Waals surface area contributed by atoms with Crippen molar-refractivity contribution < 1.29 is 19.2 Å². The van der Waals surface area contributed by atoms with Gasteiger partial charge < -0.3 is 15.0 Å². The third-order valence-electron chi connectivity index (χ3n) is 3.73. The molecular weight excluding hydrogens is 326 g/mol. The van der Waals surface area contributed by atoms with Crippen LogP contribution in [-0.2, 0) is 9.53 Å². The Morgan fingerprint density at radius 2 is 1.80 bits per heavy atom. The summed E-state index contributed by atoms with van der Waals surface area (Å²) >= 11 is 0. The van der Waals surface area contributed by atoms with Crippen LogP contribution in [0.1, 0.15) is 24.3 Å². The molecule has 0 radical (unpaired) electrons. The van der Waals surface area contributed by atoms with Crippen LogP contribution in [0.2, 0.25) is 0 Å². The molecule has 2 N–H and O–H groups in total. The topological polar surface area (TPSA) is 114 Å². The molecule has 1 unspecified atom stereocenters. The Balaban J connectivity index is 2.15. The average molecular weight is 345 g/mol. The number of esters is 1. The molecule has 132 valence electrons. The van der Waals surface area contributed by atoms with Crippen LogP contribution >= 0.6 is 0 Å². The van der Waals surface area contributed by atoms with Gasteiger partial charge in [-0.15, -0.1) is 0 Å². The summed E-state index contributed by atoms with van der Waals surface area (Å²) < 4.78 is 4.70. The van der Waals surface area contributed by atoms with E-state index in [4.69, 9.17) is 4.74 Å². The average Bonchev–Trinajstić information content (AvgIpc) is 3.08. The van der Waals surface area contributed by atoms with E-state index in [2.05, 4.69) is 10.3 Å². The highest BCUT2D eigenvalue weighted by atomic mass is 16.6. The number of aromatic amines is 1. The number of carbonyl (C=O) groups excluding carboxylic acids is 2. The highest BCUT2D eigenvalue weighted by Gasteiger charge is 2.25. The van der Waals surface area contributed by atoms with Crippen molar-refractivity contribution in [2.75, 3.05) is 7.11 Å². The van der Waals surface area contributed by atoms with Crippen molar-refractivity contribution in [2.45, 2.75) is 19.9 Å². The number of carbonyl (C=O) groups is 2. The Hall–Kier alpha value is -3.16. The number of nitrogens with zero attached hydrogens (tertiary/aromatic N) is 1. The minimum Gasteiger partial charge on any atom is -0.467 e. The third-order valence-corrected chi connectivity index (χ3v) is 3.73. The molecular formula is C17H19N3O5. The number of hydrogen-bond donors (Lipinski definition) is 2. The first-order valence-electron chi connectivity index (χ1n) is 7.66. The minimum absolute atomic E-state index is 0.00822. The fourth-order valence-electron chi connectivity index (χ4n) is 2.30. The Labute approximate surface area is 144 Å². The van der Waals surface area contributed by atoms with Crippen molar-refractivity contribution in [3.63, 3.8) is 0 Å². The number of benzene rings is 1. The molecule has 1 aromatic heterocycles. The van der Waals surface area contributed by atoms with Gasteiger partial charge in [-0.05, 0) is 35.7 Å². The molecule has 0 bridgehead atoms. The van der Waals surface area contributed by atoms with Crippen molar-refractivity contribution in [1.29, 1.82) is 0 Å². The largest absolute Gasteiger partial charge is 0.467 e. The second kappa shape index (κ2) is 7.61. The summed E-state index contributed by atoms with van der Waals surface area (Å²) in [6, 6.07) is 8.50. The van der Waals surface area contributed by atoms with Crippen molar-refractivity contribution >= 4 is 17.6 Å². The molecule has 0 aliphatic carbocycles. The highest BCUT2D eigenvalue weighted by Crippen LogP contribution is 2.22. The molecule has 0 aliphatic rings. The van der Waals surface area contributed by atoms with Gasteiger partial charge in [0.05, 0.1) is 12.0 Å². The summed E-state index contributed by atoms with van der Waals surface area (Å²) in [7, 11) is 1.27. The van der Waals surface area contributed by atoms with Crippen LogP contribution in [-0.4, -0.2) is 34.9 Å². The van der Waals surface area contributed by atoms with Gasteiger partial charge in [0.25, 0.3) is 11.6 Å². The quantitative estimate of drug-likeness (QED) is 0.474. The molecule has 8 nitrogen and oxygen atoms in total. The number of amides is 1. The zero-order valence-corrected chi connectivity index (χ0v) is 14.1. The van der Waals surface area contributed by atoms with Gasteiger partial charge in [-0.3, -0.25) is 14.9 Å². The number of ether oxygens (including phenoxy) is 1. The maximum absolute atomic E-state index is 12.3. The van der Waals surface area contributed by atoms with Gasteiger partial charge in [0, 0.05) is 17.8 Å². The number of aromatic nitrogens is 1. The number of H-pyrrole nitrogens is 1. The number of hydrogen-bond acceptors (Lipinski definition) is 5. The summed E-state index contributed by atoms with van der Waals surface area (Å²) in [5, 5.41) is 13.3. The molecule has 2 aromatic rings. The number of nitro groups is 1. The summed E-state index contributed by atoms with van der Waals surface area (Å²) in [5.74, 6) is -1.07. The Kier molecular flexibility index (Phi) is 5.53. The van der Waals surface area contributed by atoms with Crippen molar-refractivity contribution in [1.82, 2.24) is 10.3 Å². The molecule has 8 heteroatoms. The van der Waals surface area contributed by atoms with Crippen LogP contribution in [0.25, 0.3) is 11.3 Å². The second-order valence-corrected chi connectivity index (χ2v) is 5.81. The molecule has 0 aliphatic heterocycles. The molecule has 25 heavy (non-hydrogen) atoms. The lowest BCUT2D eigenvalue weighted by Crippen LogP contribution is -2.45.